The largest absolute Gasteiger partial charge is 0.495 e. The van der Waals surface area contributed by atoms with Gasteiger partial charge < -0.3 is 10.1 Å². The molecule has 1 N–H and O–H groups in total. The lowest BCUT2D eigenvalue weighted by atomic mass is 10.2. The van der Waals surface area contributed by atoms with E-state index >= 15 is 0 Å². The molecule has 1 aromatic carbocycles. The Morgan fingerprint density at radius 1 is 1.35 bits per heavy atom. The number of hydrogen-bond acceptors (Lipinski definition) is 6. The maximum atomic E-state index is 12.4. The van der Waals surface area contributed by atoms with Crippen molar-refractivity contribution in [3.8, 4) is 5.75 Å². The van der Waals surface area contributed by atoms with Gasteiger partial charge in [-0.25, -0.2) is 4.68 Å². The van der Waals surface area contributed by atoms with E-state index in [1.807, 2.05) is 45.9 Å². The number of thioether (sulfide) groups is 1. The molecule has 0 saturated carbocycles. The molecule has 0 aliphatic rings. The minimum atomic E-state index is -0.344. The zero-order valence-corrected chi connectivity index (χ0v) is 14.7. The summed E-state index contributed by atoms with van der Waals surface area (Å²) in [5, 5.41) is 14.8. The van der Waals surface area contributed by atoms with E-state index < -0.39 is 0 Å². The zero-order valence-electron chi connectivity index (χ0n) is 13.9. The van der Waals surface area contributed by atoms with Gasteiger partial charge in [-0.1, -0.05) is 17.8 Å². The minimum Gasteiger partial charge on any atom is -0.495 e. The molecule has 8 heteroatoms. The molecule has 124 valence electrons. The fraction of sp³-hybridized carbons (Fsp3) is 0.467. The fourth-order valence-electron chi connectivity index (χ4n) is 1.95. The van der Waals surface area contributed by atoms with Gasteiger partial charge in [-0.3, -0.25) is 4.79 Å². The second-order valence-electron chi connectivity index (χ2n) is 5.45. The van der Waals surface area contributed by atoms with Crippen LogP contribution in [0.15, 0.2) is 23.4 Å². The normalized spacial score (nSPS) is 12.3. The Kier molecular flexibility index (Phi) is 5.59. The van der Waals surface area contributed by atoms with Gasteiger partial charge in [0.05, 0.1) is 24.1 Å². The maximum absolute atomic E-state index is 12.4. The topological polar surface area (TPSA) is 81.9 Å². The van der Waals surface area contributed by atoms with Crippen LogP contribution in [0.25, 0.3) is 0 Å². The highest BCUT2D eigenvalue weighted by atomic mass is 32.2. The second kappa shape index (κ2) is 7.45. The third-order valence-corrected chi connectivity index (χ3v) is 4.26. The van der Waals surface area contributed by atoms with Crippen LogP contribution in [0.1, 0.15) is 32.4 Å². The maximum Gasteiger partial charge on any atom is 0.237 e. The van der Waals surface area contributed by atoms with E-state index in [1.165, 1.54) is 11.8 Å². The first-order valence-electron chi connectivity index (χ1n) is 7.32. The molecule has 0 spiro atoms. The van der Waals surface area contributed by atoms with Crippen LogP contribution in [-0.4, -0.2) is 38.5 Å². The van der Waals surface area contributed by atoms with Gasteiger partial charge in [0.2, 0.25) is 11.1 Å². The van der Waals surface area contributed by atoms with E-state index in [1.54, 1.807) is 11.8 Å². The third kappa shape index (κ3) is 4.22. The van der Waals surface area contributed by atoms with Gasteiger partial charge in [0.25, 0.3) is 0 Å². The van der Waals surface area contributed by atoms with Crippen LogP contribution < -0.4 is 10.1 Å². The van der Waals surface area contributed by atoms with Gasteiger partial charge in [0.15, 0.2) is 0 Å². The standard InChI is InChI=1S/C15H21N5O2S/c1-9(2)20-15(17-18-19-20)23-11(4)14(21)16-12-8-10(3)6-7-13(12)22-5/h6-9,11H,1-5H3,(H,16,21). The van der Waals surface area contributed by atoms with E-state index in [4.69, 9.17) is 4.74 Å². The zero-order chi connectivity index (χ0) is 17.0. The molecule has 1 atom stereocenters. The van der Waals surface area contributed by atoms with Crippen LogP contribution >= 0.6 is 11.8 Å². The number of nitrogens with zero attached hydrogens (tertiary/aromatic N) is 4. The summed E-state index contributed by atoms with van der Waals surface area (Å²) in [4.78, 5) is 12.4. The van der Waals surface area contributed by atoms with Gasteiger partial charge in [-0.2, -0.15) is 0 Å². The number of aryl methyl sites for hydroxylation is 1. The molecule has 0 aliphatic carbocycles. The summed E-state index contributed by atoms with van der Waals surface area (Å²) in [7, 11) is 1.58. The highest BCUT2D eigenvalue weighted by Gasteiger charge is 2.20. The summed E-state index contributed by atoms with van der Waals surface area (Å²) in [6.07, 6.45) is 0. The van der Waals surface area contributed by atoms with Gasteiger partial charge in [0.1, 0.15) is 5.75 Å². The Bertz CT molecular complexity index is 686. The molecular formula is C15H21N5O2S. The summed E-state index contributed by atoms with van der Waals surface area (Å²) in [6.45, 7) is 7.76. The molecule has 1 aromatic heterocycles. The van der Waals surface area contributed by atoms with Crippen molar-refractivity contribution in [1.82, 2.24) is 20.2 Å². The Morgan fingerprint density at radius 2 is 2.09 bits per heavy atom. The Labute approximate surface area is 139 Å². The number of hydrogen-bond donors (Lipinski definition) is 1. The first kappa shape index (κ1) is 17.3. The summed E-state index contributed by atoms with van der Waals surface area (Å²) in [5.41, 5.74) is 1.71. The van der Waals surface area contributed by atoms with E-state index in [9.17, 15) is 4.79 Å². The van der Waals surface area contributed by atoms with Crippen molar-refractivity contribution in [2.45, 2.75) is 44.1 Å². The quantitative estimate of drug-likeness (QED) is 0.817. The van der Waals surface area contributed by atoms with E-state index in [2.05, 4.69) is 20.8 Å². The number of anilines is 1. The molecule has 1 amide bonds. The highest BCUT2D eigenvalue weighted by molar-refractivity contribution is 8.00. The SMILES string of the molecule is COc1ccc(C)cc1NC(=O)C(C)Sc1nnnn1C(C)C. The summed E-state index contributed by atoms with van der Waals surface area (Å²) in [6, 6.07) is 5.79. The first-order chi connectivity index (χ1) is 10.9. The van der Waals surface area contributed by atoms with Crippen molar-refractivity contribution in [2.75, 3.05) is 12.4 Å². The van der Waals surface area contributed by atoms with Crippen molar-refractivity contribution in [3.05, 3.63) is 23.8 Å². The lowest BCUT2D eigenvalue weighted by Gasteiger charge is -2.15. The number of rotatable bonds is 6. The van der Waals surface area contributed by atoms with Crippen LogP contribution in [0, 0.1) is 6.92 Å². The number of carbonyl (C=O) groups is 1. The molecule has 23 heavy (non-hydrogen) atoms. The molecule has 0 fully saturated rings. The van der Waals surface area contributed by atoms with E-state index in [-0.39, 0.29) is 17.2 Å². The molecule has 1 unspecified atom stereocenters. The van der Waals surface area contributed by atoms with Crippen LogP contribution in [0.5, 0.6) is 5.75 Å². The minimum absolute atomic E-state index is 0.128. The van der Waals surface area contributed by atoms with Gasteiger partial charge in [0, 0.05) is 0 Å². The van der Waals surface area contributed by atoms with Crippen LogP contribution in [0.3, 0.4) is 0 Å². The summed E-state index contributed by atoms with van der Waals surface area (Å²) in [5.74, 6) is 0.505. The summed E-state index contributed by atoms with van der Waals surface area (Å²) >= 11 is 1.32. The molecule has 0 bridgehead atoms. The van der Waals surface area contributed by atoms with Crippen LogP contribution in [-0.2, 0) is 4.79 Å². The summed E-state index contributed by atoms with van der Waals surface area (Å²) < 4.78 is 6.98. The number of carbonyl (C=O) groups excluding carboxylic acids is 1. The lowest BCUT2D eigenvalue weighted by molar-refractivity contribution is -0.115. The Morgan fingerprint density at radius 3 is 2.74 bits per heavy atom. The van der Waals surface area contributed by atoms with Crippen molar-refractivity contribution in [1.29, 1.82) is 0 Å². The number of ether oxygens (including phenoxy) is 1. The van der Waals surface area contributed by atoms with Crippen molar-refractivity contribution >= 4 is 23.4 Å². The molecular weight excluding hydrogens is 314 g/mol. The number of methoxy groups -OCH3 is 1. The number of nitrogens with one attached hydrogen (secondary N) is 1. The van der Waals surface area contributed by atoms with Crippen molar-refractivity contribution < 1.29 is 9.53 Å². The predicted molar refractivity (Wildman–Crippen MR) is 89.9 cm³/mol. The van der Waals surface area contributed by atoms with Gasteiger partial charge in [-0.05, 0) is 55.8 Å². The molecule has 0 saturated heterocycles. The van der Waals surface area contributed by atoms with Gasteiger partial charge in [-0.15, -0.1) is 5.10 Å². The smallest absolute Gasteiger partial charge is 0.237 e. The Hall–Kier alpha value is -2.09. The first-order valence-corrected chi connectivity index (χ1v) is 8.20. The molecule has 2 aromatic rings. The van der Waals surface area contributed by atoms with Crippen LogP contribution in [0.4, 0.5) is 5.69 Å². The van der Waals surface area contributed by atoms with Crippen LogP contribution in [0.2, 0.25) is 0 Å². The fourth-order valence-corrected chi connectivity index (χ4v) is 2.87. The van der Waals surface area contributed by atoms with Crippen molar-refractivity contribution in [3.63, 3.8) is 0 Å². The molecule has 2 rings (SSSR count). The number of tetrazole rings is 1. The lowest BCUT2D eigenvalue weighted by Crippen LogP contribution is -2.23. The molecule has 1 heterocycles. The second-order valence-corrected chi connectivity index (χ2v) is 6.76. The molecule has 0 radical (unpaired) electrons. The number of aromatic nitrogens is 4. The van der Waals surface area contributed by atoms with E-state index in [0.717, 1.165) is 5.56 Å². The predicted octanol–water partition coefficient (Wildman–Crippen LogP) is 2.69. The highest BCUT2D eigenvalue weighted by Crippen LogP contribution is 2.28. The van der Waals surface area contributed by atoms with E-state index in [0.29, 0.717) is 16.6 Å². The number of benzene rings is 1. The van der Waals surface area contributed by atoms with Gasteiger partial charge >= 0.3 is 0 Å². The monoisotopic (exact) mass is 335 g/mol. The Balaban J connectivity index is 2.08. The average molecular weight is 335 g/mol. The molecule has 7 nitrogen and oxygen atoms in total. The van der Waals surface area contributed by atoms with Crippen molar-refractivity contribution in [2.24, 2.45) is 0 Å². The average Bonchev–Trinajstić information content (AvgIpc) is 2.95. The number of amides is 1. The third-order valence-electron chi connectivity index (χ3n) is 3.22. The molecule has 0 aliphatic heterocycles.